The largest absolute Gasteiger partial charge is 0.310 e. The zero-order valence-corrected chi connectivity index (χ0v) is 9.00. The smallest absolute Gasteiger partial charge is 0.0672 e. The standard InChI is InChI=1S/C12H20N2/c1-9-4-2-6-11(9)14-12-7-3-5-10(12)8-13/h9-12,14H,2-7H2,1H3. The normalized spacial score (nSPS) is 42.6. The number of nitrogens with zero attached hydrogens (tertiary/aromatic N) is 1. The summed E-state index contributed by atoms with van der Waals surface area (Å²) in [6.07, 6.45) is 7.59. The Hall–Kier alpha value is -0.550. The van der Waals surface area contributed by atoms with Gasteiger partial charge >= 0.3 is 0 Å². The summed E-state index contributed by atoms with van der Waals surface area (Å²) in [5, 5.41) is 12.7. The molecule has 0 aromatic carbocycles. The van der Waals surface area contributed by atoms with Gasteiger partial charge in [-0.3, -0.25) is 0 Å². The highest BCUT2D eigenvalue weighted by Crippen LogP contribution is 2.30. The van der Waals surface area contributed by atoms with E-state index < -0.39 is 0 Å². The number of hydrogen-bond acceptors (Lipinski definition) is 2. The van der Waals surface area contributed by atoms with Crippen molar-refractivity contribution in [2.75, 3.05) is 0 Å². The van der Waals surface area contributed by atoms with E-state index in [4.69, 9.17) is 5.26 Å². The van der Waals surface area contributed by atoms with Gasteiger partial charge in [-0.05, 0) is 31.6 Å². The van der Waals surface area contributed by atoms with Crippen molar-refractivity contribution in [3.8, 4) is 6.07 Å². The molecule has 0 aromatic rings. The van der Waals surface area contributed by atoms with Crippen LogP contribution in [0.4, 0.5) is 0 Å². The summed E-state index contributed by atoms with van der Waals surface area (Å²) in [5.41, 5.74) is 0. The van der Waals surface area contributed by atoms with E-state index in [1.54, 1.807) is 0 Å². The minimum absolute atomic E-state index is 0.280. The van der Waals surface area contributed by atoms with Gasteiger partial charge in [0.15, 0.2) is 0 Å². The predicted molar refractivity (Wildman–Crippen MR) is 56.7 cm³/mol. The summed E-state index contributed by atoms with van der Waals surface area (Å²) in [6.45, 7) is 2.33. The minimum Gasteiger partial charge on any atom is -0.310 e. The Bertz CT molecular complexity index is 231. The second-order valence-electron chi connectivity index (χ2n) is 4.95. The molecule has 0 bridgehead atoms. The molecule has 0 aromatic heterocycles. The number of nitrogens with one attached hydrogen (secondary N) is 1. The van der Waals surface area contributed by atoms with E-state index in [0.717, 1.165) is 12.3 Å². The van der Waals surface area contributed by atoms with E-state index in [-0.39, 0.29) is 5.92 Å². The summed E-state index contributed by atoms with van der Waals surface area (Å²) in [6, 6.07) is 3.62. The van der Waals surface area contributed by atoms with E-state index in [9.17, 15) is 0 Å². The van der Waals surface area contributed by atoms with Gasteiger partial charge in [-0.2, -0.15) is 5.26 Å². The number of hydrogen-bond donors (Lipinski definition) is 1. The van der Waals surface area contributed by atoms with Crippen LogP contribution < -0.4 is 5.32 Å². The van der Waals surface area contributed by atoms with Crippen molar-refractivity contribution in [3.63, 3.8) is 0 Å². The maximum atomic E-state index is 8.99. The molecule has 0 radical (unpaired) electrons. The van der Waals surface area contributed by atoms with Gasteiger partial charge in [0.25, 0.3) is 0 Å². The zero-order valence-electron chi connectivity index (χ0n) is 9.00. The highest BCUT2D eigenvalue weighted by Gasteiger charge is 2.32. The van der Waals surface area contributed by atoms with E-state index in [1.165, 1.54) is 32.1 Å². The van der Waals surface area contributed by atoms with Gasteiger partial charge in [-0.25, -0.2) is 0 Å². The van der Waals surface area contributed by atoms with Crippen LogP contribution in [-0.4, -0.2) is 12.1 Å². The molecule has 4 atom stereocenters. The molecule has 4 unspecified atom stereocenters. The first kappa shape index (κ1) is 9.98. The maximum absolute atomic E-state index is 8.99. The van der Waals surface area contributed by atoms with Crippen molar-refractivity contribution in [2.24, 2.45) is 11.8 Å². The second kappa shape index (κ2) is 4.31. The monoisotopic (exact) mass is 192 g/mol. The highest BCUT2D eigenvalue weighted by atomic mass is 15.0. The van der Waals surface area contributed by atoms with Gasteiger partial charge in [0.2, 0.25) is 0 Å². The minimum atomic E-state index is 0.280. The third kappa shape index (κ3) is 1.93. The summed E-state index contributed by atoms with van der Waals surface area (Å²) in [4.78, 5) is 0. The van der Waals surface area contributed by atoms with E-state index in [0.29, 0.717) is 12.1 Å². The molecule has 14 heavy (non-hydrogen) atoms. The first-order valence-electron chi connectivity index (χ1n) is 5.97. The molecule has 2 rings (SSSR count). The Morgan fingerprint density at radius 1 is 1.07 bits per heavy atom. The van der Waals surface area contributed by atoms with Crippen molar-refractivity contribution in [3.05, 3.63) is 0 Å². The molecule has 2 nitrogen and oxygen atoms in total. The van der Waals surface area contributed by atoms with Crippen LogP contribution in [0.3, 0.4) is 0 Å². The molecule has 2 aliphatic rings. The van der Waals surface area contributed by atoms with Crippen molar-refractivity contribution in [2.45, 2.75) is 57.5 Å². The highest BCUT2D eigenvalue weighted by molar-refractivity contribution is 4.98. The molecule has 1 N–H and O–H groups in total. The lowest BCUT2D eigenvalue weighted by Gasteiger charge is -2.24. The van der Waals surface area contributed by atoms with Gasteiger partial charge in [0.05, 0.1) is 12.0 Å². The molecule has 0 amide bonds. The van der Waals surface area contributed by atoms with Gasteiger partial charge in [-0.15, -0.1) is 0 Å². The maximum Gasteiger partial charge on any atom is 0.0672 e. The van der Waals surface area contributed by atoms with Crippen molar-refractivity contribution in [1.29, 1.82) is 5.26 Å². The SMILES string of the molecule is CC1CCCC1NC1CCCC1C#N. The van der Waals surface area contributed by atoms with Crippen LogP contribution in [0, 0.1) is 23.2 Å². The van der Waals surface area contributed by atoms with Crippen LogP contribution in [0.15, 0.2) is 0 Å². The third-order valence-electron chi connectivity index (χ3n) is 3.97. The average molecular weight is 192 g/mol. The first-order chi connectivity index (χ1) is 6.81. The van der Waals surface area contributed by atoms with Crippen molar-refractivity contribution < 1.29 is 0 Å². The second-order valence-corrected chi connectivity index (χ2v) is 4.95. The van der Waals surface area contributed by atoms with E-state index in [2.05, 4.69) is 18.3 Å². The van der Waals surface area contributed by atoms with Crippen LogP contribution in [-0.2, 0) is 0 Å². The molecule has 78 valence electrons. The van der Waals surface area contributed by atoms with Gasteiger partial charge in [-0.1, -0.05) is 19.8 Å². The van der Waals surface area contributed by atoms with E-state index >= 15 is 0 Å². The van der Waals surface area contributed by atoms with Crippen LogP contribution in [0.2, 0.25) is 0 Å². The Morgan fingerprint density at radius 2 is 1.79 bits per heavy atom. The summed E-state index contributed by atoms with van der Waals surface area (Å²) >= 11 is 0. The van der Waals surface area contributed by atoms with Gasteiger partial charge < -0.3 is 5.32 Å². The average Bonchev–Trinajstić information content (AvgIpc) is 2.77. The molecule has 2 fully saturated rings. The van der Waals surface area contributed by atoms with Crippen molar-refractivity contribution >= 4 is 0 Å². The van der Waals surface area contributed by atoms with Crippen molar-refractivity contribution in [1.82, 2.24) is 5.32 Å². The fraction of sp³-hybridized carbons (Fsp3) is 0.917. The Balaban J connectivity index is 1.87. The summed E-state index contributed by atoms with van der Waals surface area (Å²) in [7, 11) is 0. The van der Waals surface area contributed by atoms with Gasteiger partial charge in [0, 0.05) is 12.1 Å². The lowest BCUT2D eigenvalue weighted by atomic mass is 10.0. The van der Waals surface area contributed by atoms with Crippen LogP contribution in [0.25, 0.3) is 0 Å². The molecular formula is C12H20N2. The predicted octanol–water partition coefficient (Wildman–Crippen LogP) is 2.46. The molecular weight excluding hydrogens is 172 g/mol. The molecule has 0 aliphatic heterocycles. The topological polar surface area (TPSA) is 35.8 Å². The number of nitriles is 1. The fourth-order valence-electron chi connectivity index (χ4n) is 2.98. The van der Waals surface area contributed by atoms with E-state index in [1.807, 2.05) is 0 Å². The van der Waals surface area contributed by atoms with Crippen LogP contribution in [0.5, 0.6) is 0 Å². The zero-order chi connectivity index (χ0) is 9.97. The molecule has 2 aliphatic carbocycles. The summed E-state index contributed by atoms with van der Waals surface area (Å²) < 4.78 is 0. The number of rotatable bonds is 2. The van der Waals surface area contributed by atoms with Gasteiger partial charge in [0.1, 0.15) is 0 Å². The summed E-state index contributed by atoms with van der Waals surface area (Å²) in [5.74, 6) is 1.10. The molecule has 0 saturated heterocycles. The Labute approximate surface area is 86.7 Å². The Morgan fingerprint density at radius 3 is 2.43 bits per heavy atom. The lowest BCUT2D eigenvalue weighted by molar-refractivity contribution is 0.350. The van der Waals surface area contributed by atoms with Crippen LogP contribution in [0.1, 0.15) is 45.4 Å². The van der Waals surface area contributed by atoms with Crippen LogP contribution >= 0.6 is 0 Å². The molecule has 2 heteroatoms. The molecule has 2 saturated carbocycles. The fourth-order valence-corrected chi connectivity index (χ4v) is 2.98. The lowest BCUT2D eigenvalue weighted by Crippen LogP contribution is -2.41. The first-order valence-corrected chi connectivity index (χ1v) is 5.97. The third-order valence-corrected chi connectivity index (χ3v) is 3.97. The quantitative estimate of drug-likeness (QED) is 0.729. The Kier molecular flexibility index (Phi) is 3.08. The molecule has 0 heterocycles. The molecule has 0 spiro atoms.